The van der Waals surface area contributed by atoms with E-state index in [-0.39, 0.29) is 18.4 Å². The van der Waals surface area contributed by atoms with Crippen LogP contribution in [0.5, 0.6) is 0 Å². The first-order chi connectivity index (χ1) is 9.24. The second-order valence-corrected chi connectivity index (χ2v) is 6.39. The summed E-state index contributed by atoms with van der Waals surface area (Å²) in [7, 11) is 2.04. The Balaban J connectivity index is 0.00000147. The molecule has 3 rings (SSSR count). The number of piperazine rings is 1. The monoisotopic (exact) mass is 333 g/mol. The lowest BCUT2D eigenvalue weighted by Gasteiger charge is -2.35. The van der Waals surface area contributed by atoms with Crippen molar-refractivity contribution in [3.63, 3.8) is 0 Å². The Hall–Kier alpha value is -0.660. The summed E-state index contributed by atoms with van der Waals surface area (Å²) in [5.41, 5.74) is 0. The highest BCUT2D eigenvalue weighted by molar-refractivity contribution is 7.15. The van der Waals surface area contributed by atoms with Crippen LogP contribution in [-0.2, 0) is 13.6 Å². The highest BCUT2D eigenvalue weighted by atomic mass is 35.5. The van der Waals surface area contributed by atoms with Crippen LogP contribution < -0.4 is 5.32 Å². The summed E-state index contributed by atoms with van der Waals surface area (Å²) in [5.74, 6) is 1.09. The van der Waals surface area contributed by atoms with Crippen LogP contribution in [0.25, 0.3) is 0 Å². The van der Waals surface area contributed by atoms with Gasteiger partial charge in [0.2, 0.25) is 0 Å². The third kappa shape index (κ3) is 3.32. The van der Waals surface area contributed by atoms with Crippen LogP contribution >= 0.6 is 35.3 Å². The lowest BCUT2D eigenvalue weighted by atomic mass is 10.2. The van der Waals surface area contributed by atoms with Gasteiger partial charge in [0.05, 0.1) is 18.8 Å². The summed E-state index contributed by atoms with van der Waals surface area (Å²) in [6.45, 7) is 3.75. The van der Waals surface area contributed by atoms with Crippen LogP contribution in [0.1, 0.15) is 16.9 Å². The van der Waals surface area contributed by atoms with Gasteiger partial charge in [-0.25, -0.2) is 9.97 Å². The summed E-state index contributed by atoms with van der Waals surface area (Å²) < 4.78 is 2.83. The summed E-state index contributed by atoms with van der Waals surface area (Å²) in [6, 6.07) is 0.288. The van der Waals surface area contributed by atoms with Crippen molar-refractivity contribution >= 4 is 35.3 Å². The van der Waals surface area contributed by atoms with Crippen LogP contribution in [0.2, 0.25) is 4.34 Å². The molecule has 110 valence electrons. The van der Waals surface area contributed by atoms with Gasteiger partial charge in [-0.3, -0.25) is 4.90 Å². The Bertz CT molecular complexity index is 556. The molecule has 0 aromatic carbocycles. The Kier molecular flexibility index (Phi) is 5.40. The summed E-state index contributed by atoms with van der Waals surface area (Å²) in [5, 5.41) is 4.49. The molecule has 1 aliphatic rings. The topological polar surface area (TPSA) is 46.0 Å². The molecule has 1 N–H and O–H groups in total. The van der Waals surface area contributed by atoms with Crippen molar-refractivity contribution in [1.82, 2.24) is 24.8 Å². The van der Waals surface area contributed by atoms with Gasteiger partial charge in [-0.2, -0.15) is 0 Å². The van der Waals surface area contributed by atoms with E-state index in [1.807, 2.05) is 19.4 Å². The maximum atomic E-state index is 5.95. The fraction of sp³-hybridized carbons (Fsp3) is 0.500. The molecule has 0 amide bonds. The van der Waals surface area contributed by atoms with Gasteiger partial charge in [-0.05, 0) is 0 Å². The van der Waals surface area contributed by atoms with Crippen LogP contribution in [0, 0.1) is 0 Å². The van der Waals surface area contributed by atoms with Crippen LogP contribution in [0.4, 0.5) is 0 Å². The van der Waals surface area contributed by atoms with E-state index in [1.165, 1.54) is 0 Å². The van der Waals surface area contributed by atoms with E-state index in [9.17, 15) is 0 Å². The van der Waals surface area contributed by atoms with Gasteiger partial charge in [0.25, 0.3) is 0 Å². The first-order valence-corrected chi connectivity index (χ1v) is 7.45. The highest BCUT2D eigenvalue weighted by Gasteiger charge is 2.27. The zero-order valence-electron chi connectivity index (χ0n) is 11.1. The first kappa shape index (κ1) is 15.7. The largest absolute Gasteiger partial charge is 0.337 e. The van der Waals surface area contributed by atoms with Crippen LogP contribution in [0.3, 0.4) is 0 Å². The molecule has 1 unspecified atom stereocenters. The van der Waals surface area contributed by atoms with Gasteiger partial charge in [-0.1, -0.05) is 11.6 Å². The molecule has 2 aromatic rings. The molecule has 0 spiro atoms. The molecule has 0 radical (unpaired) electrons. The maximum Gasteiger partial charge on any atom is 0.127 e. The molecule has 0 aliphatic carbocycles. The third-order valence-corrected chi connectivity index (χ3v) is 4.47. The molecule has 3 heterocycles. The fourth-order valence-corrected chi connectivity index (χ4v) is 3.41. The molecule has 20 heavy (non-hydrogen) atoms. The molecular formula is C12H17Cl2N5S. The zero-order valence-corrected chi connectivity index (χ0v) is 13.5. The second kappa shape index (κ2) is 6.87. The number of aromatic nitrogens is 3. The average Bonchev–Trinajstić information content (AvgIpc) is 2.99. The number of aryl methyl sites for hydroxylation is 1. The van der Waals surface area contributed by atoms with Crippen molar-refractivity contribution in [1.29, 1.82) is 0 Å². The Morgan fingerprint density at radius 2 is 2.35 bits per heavy atom. The third-order valence-electron chi connectivity index (χ3n) is 3.37. The first-order valence-electron chi connectivity index (χ1n) is 6.26. The smallest absolute Gasteiger partial charge is 0.127 e. The predicted octanol–water partition coefficient (Wildman–Crippen LogP) is 2.10. The van der Waals surface area contributed by atoms with E-state index in [2.05, 4.69) is 24.8 Å². The van der Waals surface area contributed by atoms with E-state index >= 15 is 0 Å². The van der Waals surface area contributed by atoms with Gasteiger partial charge in [-0.15, -0.1) is 23.7 Å². The van der Waals surface area contributed by atoms with Gasteiger partial charge < -0.3 is 9.88 Å². The zero-order chi connectivity index (χ0) is 13.2. The van der Waals surface area contributed by atoms with Crippen LogP contribution in [0.15, 0.2) is 18.6 Å². The van der Waals surface area contributed by atoms with E-state index in [1.54, 1.807) is 17.5 Å². The molecule has 0 saturated carbocycles. The Morgan fingerprint density at radius 3 is 3.00 bits per heavy atom. The fourth-order valence-electron chi connectivity index (χ4n) is 2.42. The van der Waals surface area contributed by atoms with Gasteiger partial charge in [0, 0.05) is 39.1 Å². The SMILES string of the molecule is Cl.Cn1ccnc1C1CNCCN1Cc1ncc(Cl)s1. The van der Waals surface area contributed by atoms with Gasteiger partial charge >= 0.3 is 0 Å². The number of thiazole rings is 1. The van der Waals surface area contributed by atoms with Crippen molar-refractivity contribution in [3.8, 4) is 0 Å². The maximum absolute atomic E-state index is 5.95. The van der Waals surface area contributed by atoms with Crippen molar-refractivity contribution < 1.29 is 0 Å². The Morgan fingerprint density at radius 1 is 1.50 bits per heavy atom. The lowest BCUT2D eigenvalue weighted by Crippen LogP contribution is -2.46. The standard InChI is InChI=1S/C12H16ClN5S.ClH/c1-17-4-3-15-12(17)9-6-14-2-5-18(9)8-11-16-7-10(13)19-11;/h3-4,7,9,14H,2,5-6,8H2,1H3;1H. The molecule has 1 fully saturated rings. The minimum absolute atomic E-state index is 0. The molecule has 8 heteroatoms. The van der Waals surface area contributed by atoms with Gasteiger partial charge in [0.1, 0.15) is 15.2 Å². The average molecular weight is 334 g/mol. The number of nitrogens with one attached hydrogen (secondary N) is 1. The number of hydrogen-bond donors (Lipinski definition) is 1. The molecular weight excluding hydrogens is 317 g/mol. The Labute approximate surface area is 133 Å². The summed E-state index contributed by atoms with van der Waals surface area (Å²) >= 11 is 7.50. The van der Waals surface area contributed by atoms with Gasteiger partial charge in [0.15, 0.2) is 0 Å². The number of hydrogen-bond acceptors (Lipinski definition) is 5. The normalized spacial score (nSPS) is 19.8. The molecule has 1 atom stereocenters. The van der Waals surface area contributed by atoms with E-state index in [0.29, 0.717) is 0 Å². The minimum Gasteiger partial charge on any atom is -0.337 e. The highest BCUT2D eigenvalue weighted by Crippen LogP contribution is 2.25. The summed E-state index contributed by atoms with van der Waals surface area (Å²) in [6.07, 6.45) is 5.56. The quantitative estimate of drug-likeness (QED) is 0.934. The van der Waals surface area contributed by atoms with Crippen LogP contribution in [-0.4, -0.2) is 39.1 Å². The van der Waals surface area contributed by atoms with Crippen molar-refractivity contribution in [2.45, 2.75) is 12.6 Å². The second-order valence-electron chi connectivity index (χ2n) is 4.64. The van der Waals surface area contributed by atoms with E-state index in [0.717, 1.165) is 41.3 Å². The molecule has 1 saturated heterocycles. The minimum atomic E-state index is 0. The van der Waals surface area contributed by atoms with Crippen molar-refractivity contribution in [2.24, 2.45) is 7.05 Å². The number of nitrogens with zero attached hydrogens (tertiary/aromatic N) is 4. The van der Waals surface area contributed by atoms with E-state index < -0.39 is 0 Å². The van der Waals surface area contributed by atoms with Crippen molar-refractivity contribution in [3.05, 3.63) is 33.8 Å². The summed E-state index contributed by atoms with van der Waals surface area (Å²) in [4.78, 5) is 11.2. The number of rotatable bonds is 3. The molecule has 5 nitrogen and oxygen atoms in total. The van der Waals surface area contributed by atoms with Crippen molar-refractivity contribution in [2.75, 3.05) is 19.6 Å². The molecule has 2 aromatic heterocycles. The molecule has 1 aliphatic heterocycles. The van der Waals surface area contributed by atoms with E-state index in [4.69, 9.17) is 11.6 Å². The lowest BCUT2D eigenvalue weighted by molar-refractivity contribution is 0.144. The predicted molar refractivity (Wildman–Crippen MR) is 83.6 cm³/mol. The molecule has 0 bridgehead atoms. The number of halogens is 2. The number of imidazole rings is 1.